The molecule has 1 aliphatic heterocycles. The Labute approximate surface area is 142 Å². The summed E-state index contributed by atoms with van der Waals surface area (Å²) in [7, 11) is 0. The van der Waals surface area contributed by atoms with Gasteiger partial charge in [-0.1, -0.05) is 36.4 Å². The largest absolute Gasteiger partial charge is 0.348 e. The fourth-order valence-corrected chi connectivity index (χ4v) is 2.99. The Morgan fingerprint density at radius 3 is 2.75 bits per heavy atom. The topological polar surface area (TPSA) is 49.4 Å². The molecule has 2 amide bonds. The Balaban J connectivity index is 1.63. The van der Waals surface area contributed by atoms with E-state index < -0.39 is 0 Å². The van der Waals surface area contributed by atoms with E-state index in [1.54, 1.807) is 0 Å². The molecule has 1 fully saturated rings. The maximum atomic E-state index is 12.4. The standard InChI is InChI=1S/C20H22N2O2/c1-15-6-2-3-8-18(15)13-21-20(24)17-9-4-7-16(12-17)14-22-11-5-10-19(22)23/h2-4,6-9,12H,5,10-11,13-14H2,1H3,(H,21,24). The van der Waals surface area contributed by atoms with Gasteiger partial charge in [0.15, 0.2) is 0 Å². The van der Waals surface area contributed by atoms with Crippen LogP contribution in [0.4, 0.5) is 0 Å². The van der Waals surface area contributed by atoms with Crippen molar-refractivity contribution < 1.29 is 9.59 Å². The predicted octanol–water partition coefficient (Wildman–Crippen LogP) is 3.05. The van der Waals surface area contributed by atoms with Gasteiger partial charge in [-0.05, 0) is 42.2 Å². The summed E-state index contributed by atoms with van der Waals surface area (Å²) in [5.74, 6) is 0.109. The SMILES string of the molecule is Cc1ccccc1CNC(=O)c1cccc(CN2CCCC2=O)c1. The van der Waals surface area contributed by atoms with E-state index in [-0.39, 0.29) is 11.8 Å². The van der Waals surface area contributed by atoms with Crippen molar-refractivity contribution in [3.63, 3.8) is 0 Å². The van der Waals surface area contributed by atoms with Crippen LogP contribution in [0.2, 0.25) is 0 Å². The molecular formula is C20H22N2O2. The second-order valence-corrected chi connectivity index (χ2v) is 6.23. The molecule has 2 aromatic rings. The van der Waals surface area contributed by atoms with E-state index in [0.29, 0.717) is 25.1 Å². The molecule has 1 N–H and O–H groups in total. The van der Waals surface area contributed by atoms with Crippen molar-refractivity contribution in [1.82, 2.24) is 10.2 Å². The molecule has 124 valence electrons. The van der Waals surface area contributed by atoms with E-state index >= 15 is 0 Å². The van der Waals surface area contributed by atoms with Crippen LogP contribution in [0.1, 0.15) is 39.9 Å². The molecule has 0 unspecified atom stereocenters. The second-order valence-electron chi connectivity index (χ2n) is 6.23. The summed E-state index contributed by atoms with van der Waals surface area (Å²) in [5, 5.41) is 2.97. The van der Waals surface area contributed by atoms with Crippen LogP contribution >= 0.6 is 0 Å². The zero-order chi connectivity index (χ0) is 16.9. The van der Waals surface area contributed by atoms with E-state index in [2.05, 4.69) is 5.32 Å². The summed E-state index contributed by atoms with van der Waals surface area (Å²) in [5.41, 5.74) is 3.91. The number of amides is 2. The average molecular weight is 322 g/mol. The van der Waals surface area contributed by atoms with Gasteiger partial charge in [0.05, 0.1) is 0 Å². The van der Waals surface area contributed by atoms with Gasteiger partial charge in [-0.15, -0.1) is 0 Å². The van der Waals surface area contributed by atoms with E-state index in [0.717, 1.165) is 24.1 Å². The molecule has 1 aliphatic rings. The summed E-state index contributed by atoms with van der Waals surface area (Å²) < 4.78 is 0. The number of aryl methyl sites for hydroxylation is 1. The van der Waals surface area contributed by atoms with Crippen LogP contribution in [0.5, 0.6) is 0 Å². The Hall–Kier alpha value is -2.62. The highest BCUT2D eigenvalue weighted by atomic mass is 16.2. The van der Waals surface area contributed by atoms with Crippen LogP contribution in [0.25, 0.3) is 0 Å². The third-order valence-electron chi connectivity index (χ3n) is 4.43. The van der Waals surface area contributed by atoms with E-state index in [4.69, 9.17) is 0 Å². The third-order valence-corrected chi connectivity index (χ3v) is 4.43. The van der Waals surface area contributed by atoms with Gasteiger partial charge in [0, 0.05) is 31.6 Å². The molecule has 24 heavy (non-hydrogen) atoms. The van der Waals surface area contributed by atoms with Crippen molar-refractivity contribution in [2.24, 2.45) is 0 Å². The number of hydrogen-bond donors (Lipinski definition) is 1. The van der Waals surface area contributed by atoms with Crippen LogP contribution in [0.3, 0.4) is 0 Å². The van der Waals surface area contributed by atoms with Crippen molar-refractivity contribution >= 4 is 11.8 Å². The lowest BCUT2D eigenvalue weighted by Crippen LogP contribution is -2.25. The molecule has 0 spiro atoms. The highest BCUT2D eigenvalue weighted by Crippen LogP contribution is 2.15. The zero-order valence-electron chi connectivity index (χ0n) is 13.9. The van der Waals surface area contributed by atoms with Crippen molar-refractivity contribution in [3.05, 3.63) is 70.8 Å². The lowest BCUT2D eigenvalue weighted by molar-refractivity contribution is -0.128. The van der Waals surface area contributed by atoms with Crippen LogP contribution in [0, 0.1) is 6.92 Å². The number of likely N-dealkylation sites (tertiary alicyclic amines) is 1. The molecule has 0 aliphatic carbocycles. The first kappa shape index (κ1) is 16.2. The molecule has 0 atom stereocenters. The summed E-state index contributed by atoms with van der Waals surface area (Å²) in [4.78, 5) is 26.0. The van der Waals surface area contributed by atoms with E-state index in [9.17, 15) is 9.59 Å². The molecule has 0 aromatic heterocycles. The molecule has 3 rings (SSSR count). The maximum absolute atomic E-state index is 12.4. The fourth-order valence-electron chi connectivity index (χ4n) is 2.99. The molecular weight excluding hydrogens is 300 g/mol. The molecule has 4 nitrogen and oxygen atoms in total. The number of nitrogens with zero attached hydrogens (tertiary/aromatic N) is 1. The first-order chi connectivity index (χ1) is 11.6. The molecule has 2 aromatic carbocycles. The van der Waals surface area contributed by atoms with Gasteiger partial charge in [0.2, 0.25) is 5.91 Å². The minimum Gasteiger partial charge on any atom is -0.348 e. The summed E-state index contributed by atoms with van der Waals surface area (Å²) in [6.07, 6.45) is 1.56. The molecule has 0 bridgehead atoms. The van der Waals surface area contributed by atoms with Crippen molar-refractivity contribution in [3.8, 4) is 0 Å². The number of rotatable bonds is 5. The quantitative estimate of drug-likeness (QED) is 0.920. The Morgan fingerprint density at radius 1 is 1.17 bits per heavy atom. The van der Waals surface area contributed by atoms with Crippen LogP contribution < -0.4 is 5.32 Å². The van der Waals surface area contributed by atoms with Gasteiger partial charge in [-0.2, -0.15) is 0 Å². The molecule has 0 saturated carbocycles. The van der Waals surface area contributed by atoms with E-state index in [1.807, 2.05) is 60.4 Å². The minimum absolute atomic E-state index is 0.0900. The van der Waals surface area contributed by atoms with Gasteiger partial charge in [-0.25, -0.2) is 0 Å². The summed E-state index contributed by atoms with van der Waals surface area (Å²) >= 11 is 0. The number of nitrogens with one attached hydrogen (secondary N) is 1. The van der Waals surface area contributed by atoms with E-state index in [1.165, 1.54) is 5.56 Å². The Bertz CT molecular complexity index is 755. The molecule has 0 radical (unpaired) electrons. The average Bonchev–Trinajstić information content (AvgIpc) is 2.99. The maximum Gasteiger partial charge on any atom is 0.251 e. The van der Waals surface area contributed by atoms with Gasteiger partial charge in [0.25, 0.3) is 5.91 Å². The monoisotopic (exact) mass is 322 g/mol. The minimum atomic E-state index is -0.0900. The normalized spacial score (nSPS) is 14.0. The van der Waals surface area contributed by atoms with Gasteiger partial charge in [0.1, 0.15) is 0 Å². The van der Waals surface area contributed by atoms with Crippen molar-refractivity contribution in [2.45, 2.75) is 32.9 Å². The van der Waals surface area contributed by atoms with Crippen LogP contribution in [-0.4, -0.2) is 23.3 Å². The Morgan fingerprint density at radius 2 is 2.00 bits per heavy atom. The van der Waals surface area contributed by atoms with Crippen molar-refractivity contribution in [2.75, 3.05) is 6.54 Å². The smallest absolute Gasteiger partial charge is 0.251 e. The zero-order valence-corrected chi connectivity index (χ0v) is 13.9. The lowest BCUT2D eigenvalue weighted by atomic mass is 10.1. The molecule has 4 heteroatoms. The summed E-state index contributed by atoms with van der Waals surface area (Å²) in [6, 6.07) is 15.5. The molecule has 1 saturated heterocycles. The predicted molar refractivity (Wildman–Crippen MR) is 93.4 cm³/mol. The van der Waals surface area contributed by atoms with Crippen molar-refractivity contribution in [1.29, 1.82) is 0 Å². The Kier molecular flexibility index (Phi) is 4.94. The fraction of sp³-hybridized carbons (Fsp3) is 0.300. The number of benzene rings is 2. The highest BCUT2D eigenvalue weighted by Gasteiger charge is 2.20. The second kappa shape index (κ2) is 7.30. The lowest BCUT2D eigenvalue weighted by Gasteiger charge is -2.16. The first-order valence-corrected chi connectivity index (χ1v) is 8.33. The first-order valence-electron chi connectivity index (χ1n) is 8.33. The molecule has 1 heterocycles. The van der Waals surface area contributed by atoms with Crippen LogP contribution in [0.15, 0.2) is 48.5 Å². The highest BCUT2D eigenvalue weighted by molar-refractivity contribution is 5.94. The summed E-state index contributed by atoms with van der Waals surface area (Å²) in [6.45, 7) is 3.94. The number of carbonyl (C=O) groups is 2. The number of hydrogen-bond acceptors (Lipinski definition) is 2. The van der Waals surface area contributed by atoms with Gasteiger partial charge in [-0.3, -0.25) is 9.59 Å². The van der Waals surface area contributed by atoms with Crippen LogP contribution in [-0.2, 0) is 17.9 Å². The number of carbonyl (C=O) groups excluding carboxylic acids is 2. The van der Waals surface area contributed by atoms with Gasteiger partial charge < -0.3 is 10.2 Å². The third kappa shape index (κ3) is 3.82. The van der Waals surface area contributed by atoms with Gasteiger partial charge >= 0.3 is 0 Å².